The van der Waals surface area contributed by atoms with E-state index in [2.05, 4.69) is 5.32 Å². The Hall–Kier alpha value is -2.55. The summed E-state index contributed by atoms with van der Waals surface area (Å²) in [6, 6.07) is 5.90. The van der Waals surface area contributed by atoms with E-state index < -0.39 is 30.5 Å². The van der Waals surface area contributed by atoms with Crippen molar-refractivity contribution in [2.24, 2.45) is 5.92 Å². The summed E-state index contributed by atoms with van der Waals surface area (Å²) in [5.41, 5.74) is 0.267. The number of nitrogens with zero attached hydrogens (tertiary/aromatic N) is 1. The number of thioether (sulfide) groups is 1. The van der Waals surface area contributed by atoms with Gasteiger partial charge in [-0.05, 0) is 24.5 Å². The number of nitrogens with one attached hydrogen (secondary N) is 1. The van der Waals surface area contributed by atoms with Crippen molar-refractivity contribution in [3.63, 3.8) is 0 Å². The zero-order valence-electron chi connectivity index (χ0n) is 17.4. The molecule has 0 heterocycles. The normalized spacial score (nSPS) is 11.5. The number of carbonyl (C=O) groups is 4. The number of rotatable bonds is 10. The molecule has 0 unspecified atom stereocenters. The molecule has 1 aromatic rings. The first-order chi connectivity index (χ1) is 13.6. The lowest BCUT2D eigenvalue weighted by Crippen LogP contribution is -2.44. The van der Waals surface area contributed by atoms with E-state index in [4.69, 9.17) is 9.47 Å². The number of amides is 2. The average molecular weight is 425 g/mol. The summed E-state index contributed by atoms with van der Waals surface area (Å²) in [5, 5.41) is 2.53. The molecule has 0 bridgehead atoms. The minimum Gasteiger partial charge on any atom is -0.467 e. The number of benzene rings is 1. The van der Waals surface area contributed by atoms with Gasteiger partial charge in [-0.3, -0.25) is 9.59 Å². The fourth-order valence-electron chi connectivity index (χ4n) is 2.30. The molecule has 1 N–H and O–H groups in total. The summed E-state index contributed by atoms with van der Waals surface area (Å²) < 4.78 is 9.78. The Kier molecular flexibility index (Phi) is 10.2. The number of carbonyl (C=O) groups excluding carboxylic acids is 4. The molecule has 0 aromatic heterocycles. The molecule has 1 aromatic carbocycles. The molecule has 0 saturated heterocycles. The summed E-state index contributed by atoms with van der Waals surface area (Å²) in [6.45, 7) is 3.30. The van der Waals surface area contributed by atoms with Crippen molar-refractivity contribution in [2.75, 3.05) is 33.6 Å². The minimum atomic E-state index is -0.800. The van der Waals surface area contributed by atoms with E-state index in [0.29, 0.717) is 11.3 Å². The SMILES string of the molecule is COC(=O)[C@@H](CC(C)C)NC(=O)COC(=O)c1ccccc1SCC(=O)N(C)C. The van der Waals surface area contributed by atoms with Crippen molar-refractivity contribution in [3.05, 3.63) is 29.8 Å². The number of esters is 2. The Balaban J connectivity index is 2.68. The van der Waals surface area contributed by atoms with E-state index in [1.807, 2.05) is 13.8 Å². The molecule has 160 valence electrons. The first-order valence-electron chi connectivity index (χ1n) is 9.12. The molecule has 0 aliphatic rings. The standard InChI is InChI=1S/C20H28N2O6S/c1-13(2)10-15(20(26)27-5)21-17(23)11-28-19(25)14-8-6-7-9-16(14)29-12-18(24)22(3)4/h6-9,13,15H,10-12H2,1-5H3,(H,21,23)/t15-/m1/s1. The van der Waals surface area contributed by atoms with Crippen molar-refractivity contribution in [1.82, 2.24) is 10.2 Å². The van der Waals surface area contributed by atoms with Crippen LogP contribution in [-0.4, -0.2) is 68.3 Å². The van der Waals surface area contributed by atoms with Crippen LogP contribution >= 0.6 is 11.8 Å². The molecule has 0 radical (unpaired) electrons. The smallest absolute Gasteiger partial charge is 0.339 e. The maximum Gasteiger partial charge on any atom is 0.339 e. The largest absolute Gasteiger partial charge is 0.467 e. The van der Waals surface area contributed by atoms with E-state index in [1.165, 1.54) is 23.8 Å². The molecule has 1 rings (SSSR count). The van der Waals surface area contributed by atoms with Crippen LogP contribution in [0.2, 0.25) is 0 Å². The van der Waals surface area contributed by atoms with Gasteiger partial charge in [-0.2, -0.15) is 0 Å². The van der Waals surface area contributed by atoms with Gasteiger partial charge >= 0.3 is 11.9 Å². The van der Waals surface area contributed by atoms with Crippen LogP contribution in [-0.2, 0) is 23.9 Å². The topological polar surface area (TPSA) is 102 Å². The van der Waals surface area contributed by atoms with E-state index >= 15 is 0 Å². The first-order valence-corrected chi connectivity index (χ1v) is 10.1. The monoisotopic (exact) mass is 424 g/mol. The third-order valence-corrected chi connectivity index (χ3v) is 4.88. The molecule has 0 spiro atoms. The summed E-state index contributed by atoms with van der Waals surface area (Å²) in [4.78, 5) is 50.1. The average Bonchev–Trinajstić information content (AvgIpc) is 2.68. The molecule has 0 fully saturated rings. The van der Waals surface area contributed by atoms with E-state index in [-0.39, 0.29) is 23.1 Å². The van der Waals surface area contributed by atoms with Gasteiger partial charge in [0.1, 0.15) is 6.04 Å². The lowest BCUT2D eigenvalue weighted by Gasteiger charge is -2.18. The van der Waals surface area contributed by atoms with Gasteiger partial charge in [0.2, 0.25) is 5.91 Å². The van der Waals surface area contributed by atoms with Crippen molar-refractivity contribution in [2.45, 2.75) is 31.2 Å². The molecule has 0 aliphatic heterocycles. The fourth-order valence-corrected chi connectivity index (χ4v) is 3.32. The van der Waals surface area contributed by atoms with Crippen LogP contribution in [0.5, 0.6) is 0 Å². The van der Waals surface area contributed by atoms with Crippen LogP contribution < -0.4 is 5.32 Å². The van der Waals surface area contributed by atoms with Gasteiger partial charge < -0.3 is 19.7 Å². The molecule has 1 atom stereocenters. The van der Waals surface area contributed by atoms with Crippen molar-refractivity contribution >= 4 is 35.5 Å². The summed E-state index contributed by atoms with van der Waals surface area (Å²) in [7, 11) is 4.56. The van der Waals surface area contributed by atoms with Crippen LogP contribution in [0.3, 0.4) is 0 Å². The maximum absolute atomic E-state index is 12.4. The predicted octanol–water partition coefficient (Wildman–Crippen LogP) is 1.73. The Morgan fingerprint density at radius 3 is 2.38 bits per heavy atom. The van der Waals surface area contributed by atoms with Gasteiger partial charge in [-0.1, -0.05) is 26.0 Å². The summed E-state index contributed by atoms with van der Waals surface area (Å²) in [5.74, 6) is -1.58. The molecule has 0 saturated carbocycles. The quantitative estimate of drug-likeness (QED) is 0.451. The highest BCUT2D eigenvalue weighted by atomic mass is 32.2. The second-order valence-electron chi connectivity index (χ2n) is 6.92. The zero-order chi connectivity index (χ0) is 22.0. The van der Waals surface area contributed by atoms with Crippen molar-refractivity contribution in [1.29, 1.82) is 0 Å². The number of ether oxygens (including phenoxy) is 2. The first kappa shape index (κ1) is 24.5. The maximum atomic E-state index is 12.4. The van der Waals surface area contributed by atoms with Crippen molar-refractivity contribution < 1.29 is 28.7 Å². The van der Waals surface area contributed by atoms with E-state index in [9.17, 15) is 19.2 Å². The molecule has 0 aliphatic carbocycles. The van der Waals surface area contributed by atoms with Gasteiger partial charge in [0.15, 0.2) is 6.61 Å². The van der Waals surface area contributed by atoms with Crippen LogP contribution in [0.15, 0.2) is 29.2 Å². The molecule has 29 heavy (non-hydrogen) atoms. The Bertz CT molecular complexity index is 735. The highest BCUT2D eigenvalue weighted by Crippen LogP contribution is 2.23. The Morgan fingerprint density at radius 1 is 1.14 bits per heavy atom. The van der Waals surface area contributed by atoms with Gasteiger partial charge in [-0.25, -0.2) is 9.59 Å². The number of hydrogen-bond acceptors (Lipinski definition) is 7. The second kappa shape index (κ2) is 12.1. The highest BCUT2D eigenvalue weighted by Gasteiger charge is 2.23. The van der Waals surface area contributed by atoms with Crippen LogP contribution in [0.1, 0.15) is 30.6 Å². The lowest BCUT2D eigenvalue weighted by atomic mass is 10.0. The lowest BCUT2D eigenvalue weighted by molar-refractivity contribution is -0.145. The number of methoxy groups -OCH3 is 1. The van der Waals surface area contributed by atoms with E-state index in [1.54, 1.807) is 38.4 Å². The molecular weight excluding hydrogens is 396 g/mol. The van der Waals surface area contributed by atoms with Crippen LogP contribution in [0.4, 0.5) is 0 Å². The third-order valence-electron chi connectivity index (χ3n) is 3.82. The fraction of sp³-hybridized carbons (Fsp3) is 0.500. The van der Waals surface area contributed by atoms with E-state index in [0.717, 1.165) is 0 Å². The van der Waals surface area contributed by atoms with Crippen LogP contribution in [0, 0.1) is 5.92 Å². The van der Waals surface area contributed by atoms with Crippen molar-refractivity contribution in [3.8, 4) is 0 Å². The highest BCUT2D eigenvalue weighted by molar-refractivity contribution is 8.00. The number of hydrogen-bond donors (Lipinski definition) is 1. The molecular formula is C20H28N2O6S. The second-order valence-corrected chi connectivity index (χ2v) is 7.94. The predicted molar refractivity (Wildman–Crippen MR) is 110 cm³/mol. The molecule has 2 amide bonds. The molecule has 8 nitrogen and oxygen atoms in total. The minimum absolute atomic E-state index is 0.0865. The molecule has 9 heteroatoms. The summed E-state index contributed by atoms with van der Waals surface area (Å²) >= 11 is 1.22. The van der Waals surface area contributed by atoms with Crippen LogP contribution in [0.25, 0.3) is 0 Å². The van der Waals surface area contributed by atoms with Gasteiger partial charge in [0.25, 0.3) is 5.91 Å². The van der Waals surface area contributed by atoms with Gasteiger partial charge in [-0.15, -0.1) is 11.8 Å². The van der Waals surface area contributed by atoms with Gasteiger partial charge in [0.05, 0.1) is 18.4 Å². The zero-order valence-corrected chi connectivity index (χ0v) is 18.2. The Labute approximate surface area is 175 Å². The Morgan fingerprint density at radius 2 is 1.79 bits per heavy atom. The summed E-state index contributed by atoms with van der Waals surface area (Å²) in [6.07, 6.45) is 0.408. The third kappa shape index (κ3) is 8.55. The van der Waals surface area contributed by atoms with Gasteiger partial charge in [0, 0.05) is 19.0 Å².